The highest BCUT2D eigenvalue weighted by atomic mass is 16.3. The van der Waals surface area contributed by atoms with E-state index >= 15 is 0 Å². The smallest absolute Gasteiger partial charge is 0.138 e. The van der Waals surface area contributed by atoms with Crippen LogP contribution in [0.2, 0.25) is 0 Å². The Labute approximate surface area is 125 Å². The molecule has 0 spiro atoms. The standard InChI is InChI=1S/C17H23N3O/c1-12(2)10-20-17(18-11-19-20)9-16(21)15-6-4-3-5-14(15)13-7-8-13/h3-6,11-13,16,21H,7-10H2,1-2H3. The third kappa shape index (κ3) is 3.32. The fourth-order valence-electron chi connectivity index (χ4n) is 2.81. The predicted molar refractivity (Wildman–Crippen MR) is 81.9 cm³/mol. The summed E-state index contributed by atoms with van der Waals surface area (Å²) in [5, 5.41) is 14.9. The van der Waals surface area contributed by atoms with Crippen LogP contribution in [0.5, 0.6) is 0 Å². The number of benzene rings is 1. The van der Waals surface area contributed by atoms with E-state index < -0.39 is 6.10 Å². The van der Waals surface area contributed by atoms with Gasteiger partial charge in [0.15, 0.2) is 0 Å². The molecule has 21 heavy (non-hydrogen) atoms. The zero-order chi connectivity index (χ0) is 14.8. The van der Waals surface area contributed by atoms with Crippen molar-refractivity contribution in [1.82, 2.24) is 14.8 Å². The molecule has 1 saturated carbocycles. The van der Waals surface area contributed by atoms with Gasteiger partial charge in [0.1, 0.15) is 12.2 Å². The maximum absolute atomic E-state index is 10.6. The van der Waals surface area contributed by atoms with E-state index in [1.165, 1.54) is 18.4 Å². The Morgan fingerprint density at radius 2 is 2.05 bits per heavy atom. The molecule has 1 heterocycles. The molecule has 0 aliphatic heterocycles. The van der Waals surface area contributed by atoms with Crippen molar-refractivity contribution < 1.29 is 5.11 Å². The first-order valence-electron chi connectivity index (χ1n) is 7.78. The molecule has 112 valence electrons. The highest BCUT2D eigenvalue weighted by Crippen LogP contribution is 2.43. The largest absolute Gasteiger partial charge is 0.388 e. The first kappa shape index (κ1) is 14.3. The molecule has 2 aromatic rings. The van der Waals surface area contributed by atoms with E-state index in [4.69, 9.17) is 0 Å². The summed E-state index contributed by atoms with van der Waals surface area (Å²) >= 11 is 0. The lowest BCUT2D eigenvalue weighted by molar-refractivity contribution is 0.172. The van der Waals surface area contributed by atoms with E-state index in [2.05, 4.69) is 36.1 Å². The van der Waals surface area contributed by atoms with Crippen molar-refractivity contribution in [2.24, 2.45) is 5.92 Å². The maximum Gasteiger partial charge on any atom is 0.138 e. The predicted octanol–water partition coefficient (Wildman–Crippen LogP) is 3.09. The van der Waals surface area contributed by atoms with Crippen LogP contribution in [0.4, 0.5) is 0 Å². The van der Waals surface area contributed by atoms with Crippen molar-refractivity contribution in [1.29, 1.82) is 0 Å². The van der Waals surface area contributed by atoms with Crippen LogP contribution in [0.1, 0.15) is 55.7 Å². The molecule has 1 fully saturated rings. The van der Waals surface area contributed by atoms with Crippen molar-refractivity contribution in [3.63, 3.8) is 0 Å². The van der Waals surface area contributed by atoms with Crippen LogP contribution in [-0.2, 0) is 13.0 Å². The zero-order valence-electron chi connectivity index (χ0n) is 12.7. The fraction of sp³-hybridized carbons (Fsp3) is 0.529. The van der Waals surface area contributed by atoms with Gasteiger partial charge in [0, 0.05) is 13.0 Å². The van der Waals surface area contributed by atoms with Crippen LogP contribution < -0.4 is 0 Å². The summed E-state index contributed by atoms with van der Waals surface area (Å²) < 4.78 is 1.91. The van der Waals surface area contributed by atoms with Gasteiger partial charge in [0.25, 0.3) is 0 Å². The Kier molecular flexibility index (Phi) is 4.06. The van der Waals surface area contributed by atoms with E-state index in [0.29, 0.717) is 18.3 Å². The minimum absolute atomic E-state index is 0.503. The van der Waals surface area contributed by atoms with Crippen LogP contribution in [0.25, 0.3) is 0 Å². The summed E-state index contributed by atoms with van der Waals surface area (Å²) in [6, 6.07) is 8.25. The molecule has 0 bridgehead atoms. The van der Waals surface area contributed by atoms with E-state index in [1.54, 1.807) is 6.33 Å². The molecule has 4 heteroatoms. The Morgan fingerprint density at radius 1 is 1.29 bits per heavy atom. The molecule has 1 aromatic carbocycles. The Morgan fingerprint density at radius 3 is 2.76 bits per heavy atom. The van der Waals surface area contributed by atoms with Crippen molar-refractivity contribution in [3.05, 3.63) is 47.5 Å². The minimum Gasteiger partial charge on any atom is -0.388 e. The number of nitrogens with zero attached hydrogens (tertiary/aromatic N) is 3. The van der Waals surface area contributed by atoms with Crippen LogP contribution >= 0.6 is 0 Å². The van der Waals surface area contributed by atoms with Crippen molar-refractivity contribution in [3.8, 4) is 0 Å². The monoisotopic (exact) mass is 285 g/mol. The first-order valence-corrected chi connectivity index (χ1v) is 7.78. The number of hydrogen-bond acceptors (Lipinski definition) is 3. The quantitative estimate of drug-likeness (QED) is 0.887. The van der Waals surface area contributed by atoms with Gasteiger partial charge in [-0.05, 0) is 35.8 Å². The zero-order valence-corrected chi connectivity index (χ0v) is 12.7. The van der Waals surface area contributed by atoms with Gasteiger partial charge in [0.05, 0.1) is 6.10 Å². The van der Waals surface area contributed by atoms with Gasteiger partial charge in [-0.25, -0.2) is 9.67 Å². The topological polar surface area (TPSA) is 50.9 Å². The van der Waals surface area contributed by atoms with Crippen molar-refractivity contribution >= 4 is 0 Å². The lowest BCUT2D eigenvalue weighted by atomic mass is 9.97. The third-order valence-corrected chi connectivity index (χ3v) is 3.98. The van der Waals surface area contributed by atoms with Crippen LogP contribution in [0.3, 0.4) is 0 Å². The normalized spacial score (nSPS) is 16.4. The molecule has 1 atom stereocenters. The summed E-state index contributed by atoms with van der Waals surface area (Å²) in [7, 11) is 0. The van der Waals surface area contributed by atoms with Gasteiger partial charge in [-0.15, -0.1) is 0 Å². The molecule has 1 aliphatic rings. The van der Waals surface area contributed by atoms with Crippen molar-refractivity contribution in [2.45, 2.75) is 51.7 Å². The van der Waals surface area contributed by atoms with Gasteiger partial charge in [0.2, 0.25) is 0 Å². The van der Waals surface area contributed by atoms with Gasteiger partial charge in [-0.3, -0.25) is 0 Å². The molecule has 4 nitrogen and oxygen atoms in total. The second kappa shape index (κ2) is 5.98. The lowest BCUT2D eigenvalue weighted by Crippen LogP contribution is -2.14. The van der Waals surface area contributed by atoms with E-state index in [9.17, 15) is 5.11 Å². The molecule has 1 unspecified atom stereocenters. The molecule has 3 rings (SSSR count). The summed E-state index contributed by atoms with van der Waals surface area (Å²) in [5.74, 6) is 2.02. The average molecular weight is 285 g/mol. The summed E-state index contributed by atoms with van der Waals surface area (Å²) in [6.07, 6.45) is 4.09. The average Bonchev–Trinajstić information content (AvgIpc) is 3.22. The molecule has 0 saturated heterocycles. The summed E-state index contributed by atoms with van der Waals surface area (Å²) in [6.45, 7) is 5.15. The Balaban J connectivity index is 1.77. The highest BCUT2D eigenvalue weighted by Gasteiger charge is 2.28. The highest BCUT2D eigenvalue weighted by molar-refractivity contribution is 5.35. The van der Waals surface area contributed by atoms with Gasteiger partial charge in [-0.1, -0.05) is 38.1 Å². The number of aromatic nitrogens is 3. The van der Waals surface area contributed by atoms with Crippen LogP contribution in [0, 0.1) is 5.92 Å². The number of aliphatic hydroxyl groups is 1. The number of aliphatic hydroxyl groups excluding tert-OH is 1. The molecule has 1 N–H and O–H groups in total. The SMILES string of the molecule is CC(C)Cn1ncnc1CC(O)c1ccccc1C1CC1. The van der Waals surface area contributed by atoms with Crippen molar-refractivity contribution in [2.75, 3.05) is 0 Å². The third-order valence-electron chi connectivity index (χ3n) is 3.98. The molecular weight excluding hydrogens is 262 g/mol. The van der Waals surface area contributed by atoms with Gasteiger partial charge in [-0.2, -0.15) is 5.10 Å². The lowest BCUT2D eigenvalue weighted by Gasteiger charge is -2.16. The second-order valence-corrected chi connectivity index (χ2v) is 6.38. The molecule has 1 aliphatic carbocycles. The molecule has 1 aromatic heterocycles. The number of hydrogen-bond donors (Lipinski definition) is 1. The van der Waals surface area contributed by atoms with Gasteiger partial charge < -0.3 is 5.11 Å². The Hall–Kier alpha value is -1.68. The summed E-state index contributed by atoms with van der Waals surface area (Å²) in [4.78, 5) is 4.32. The number of rotatable bonds is 6. The van der Waals surface area contributed by atoms with Crippen LogP contribution in [-0.4, -0.2) is 19.9 Å². The minimum atomic E-state index is -0.503. The molecule has 0 amide bonds. The van der Waals surface area contributed by atoms with Gasteiger partial charge >= 0.3 is 0 Å². The molecule has 0 radical (unpaired) electrons. The second-order valence-electron chi connectivity index (χ2n) is 6.38. The van der Waals surface area contributed by atoms with Crippen LogP contribution in [0.15, 0.2) is 30.6 Å². The van der Waals surface area contributed by atoms with E-state index in [0.717, 1.165) is 17.9 Å². The first-order chi connectivity index (χ1) is 10.1. The summed E-state index contributed by atoms with van der Waals surface area (Å²) in [5.41, 5.74) is 2.36. The Bertz CT molecular complexity index is 602. The van der Waals surface area contributed by atoms with E-state index in [-0.39, 0.29) is 0 Å². The van der Waals surface area contributed by atoms with E-state index in [1.807, 2.05) is 16.8 Å². The maximum atomic E-state index is 10.6. The molecular formula is C17H23N3O. The fourth-order valence-corrected chi connectivity index (χ4v) is 2.81.